The number of hydrogen-bond acceptors (Lipinski definition) is 3. The van der Waals surface area contributed by atoms with Crippen LogP contribution in [0.15, 0.2) is 48.5 Å². The molecular weight excluding hydrogens is 431 g/mol. The topological polar surface area (TPSA) is 75.6 Å². The first-order valence-corrected chi connectivity index (χ1v) is 8.82. The van der Waals surface area contributed by atoms with Crippen molar-refractivity contribution >= 4 is 29.7 Å². The average molecular weight is 447 g/mol. The van der Waals surface area contributed by atoms with Gasteiger partial charge in [-0.25, -0.2) is 0 Å². The summed E-state index contributed by atoms with van der Waals surface area (Å²) in [5.74, 6) is -2.09. The lowest BCUT2D eigenvalue weighted by Crippen LogP contribution is -2.46. The molecule has 0 aromatic heterocycles. The summed E-state index contributed by atoms with van der Waals surface area (Å²) in [5.41, 5.74) is -1.29. The van der Waals surface area contributed by atoms with Gasteiger partial charge in [-0.1, -0.05) is 48.5 Å². The van der Waals surface area contributed by atoms with Crippen LogP contribution in [0.4, 0.5) is 26.3 Å². The van der Waals surface area contributed by atoms with Crippen LogP contribution in [0.25, 0.3) is 0 Å². The summed E-state index contributed by atoms with van der Waals surface area (Å²) in [5, 5.41) is 10.8. The third kappa shape index (κ3) is 7.32. The molecule has 0 radical (unpaired) electrons. The molecule has 2 aromatic carbocycles. The predicted molar refractivity (Wildman–Crippen MR) is 99.1 cm³/mol. The number of carbonyl (C=O) groups excluding carboxylic acids is 1. The van der Waals surface area contributed by atoms with Crippen molar-refractivity contribution in [3.63, 3.8) is 0 Å². The monoisotopic (exact) mass is 447 g/mol. The van der Waals surface area contributed by atoms with E-state index in [9.17, 15) is 35.9 Å². The maximum Gasteiger partial charge on any atom is 0.416 e. The van der Waals surface area contributed by atoms with Gasteiger partial charge in [-0.2, -0.15) is 26.3 Å². The van der Waals surface area contributed by atoms with Crippen LogP contribution < -0.4 is 16.2 Å². The Labute approximate surface area is 173 Å². The van der Waals surface area contributed by atoms with Crippen molar-refractivity contribution in [2.45, 2.75) is 18.8 Å². The second kappa shape index (κ2) is 9.86. The van der Waals surface area contributed by atoms with Gasteiger partial charge in [-0.05, 0) is 10.9 Å². The Morgan fingerprint density at radius 1 is 0.839 bits per heavy atom. The third-order valence-corrected chi connectivity index (χ3v) is 4.10. The molecule has 0 aliphatic rings. The highest BCUT2D eigenvalue weighted by atomic mass is 19.4. The molecule has 2 rings (SSSR count). The number of halogens is 6. The van der Waals surface area contributed by atoms with Crippen molar-refractivity contribution in [3.8, 4) is 0 Å². The number of carboxylic acid groups (broad SMARTS) is 1. The van der Waals surface area contributed by atoms with Crippen LogP contribution in [-0.4, -0.2) is 37.1 Å². The van der Waals surface area contributed by atoms with E-state index in [-0.39, 0.29) is 24.1 Å². The lowest BCUT2D eigenvalue weighted by molar-refractivity contribution is -0.141. The molecule has 2 aromatic rings. The van der Waals surface area contributed by atoms with Gasteiger partial charge in [0.2, 0.25) is 5.91 Å². The summed E-state index contributed by atoms with van der Waals surface area (Å²) in [6, 6.07) is 7.88. The molecule has 12 heteroatoms. The first kappa shape index (κ1) is 24.3. The van der Waals surface area contributed by atoms with Gasteiger partial charge < -0.3 is 15.1 Å². The molecule has 2 N–H and O–H groups in total. The molecule has 0 aliphatic heterocycles. The molecule has 166 valence electrons. The molecule has 31 heavy (non-hydrogen) atoms. The SMILES string of the molecule is O=C(O)CC(=O)NCCOB(c1ccc(C(F)(F)F)cc1)c1ccc(C(F)(F)F)cc1. The summed E-state index contributed by atoms with van der Waals surface area (Å²) in [6.07, 6.45) is -9.86. The first-order valence-electron chi connectivity index (χ1n) is 8.82. The van der Waals surface area contributed by atoms with Crippen molar-refractivity contribution in [1.82, 2.24) is 5.32 Å². The molecule has 0 spiro atoms. The molecule has 0 heterocycles. The van der Waals surface area contributed by atoms with Gasteiger partial charge in [-0.15, -0.1) is 0 Å². The number of alkyl halides is 6. The Morgan fingerprint density at radius 2 is 1.26 bits per heavy atom. The molecule has 0 saturated carbocycles. The minimum Gasteiger partial charge on any atom is -0.481 e. The smallest absolute Gasteiger partial charge is 0.416 e. The van der Waals surface area contributed by atoms with Crippen LogP contribution in [0.2, 0.25) is 0 Å². The minimum absolute atomic E-state index is 0.107. The van der Waals surface area contributed by atoms with Crippen molar-refractivity contribution < 1.29 is 45.7 Å². The maximum atomic E-state index is 12.8. The Hall–Kier alpha value is -3.02. The van der Waals surface area contributed by atoms with E-state index in [0.717, 1.165) is 48.5 Å². The van der Waals surface area contributed by atoms with E-state index in [1.165, 1.54) is 0 Å². The summed E-state index contributed by atoms with van der Waals surface area (Å²) in [4.78, 5) is 21.8. The zero-order valence-corrected chi connectivity index (χ0v) is 15.8. The molecule has 0 fully saturated rings. The molecular formula is C19H16BF6NO4. The fourth-order valence-corrected chi connectivity index (χ4v) is 2.65. The zero-order valence-electron chi connectivity index (χ0n) is 15.8. The Kier molecular flexibility index (Phi) is 7.72. The Morgan fingerprint density at radius 3 is 1.61 bits per heavy atom. The Bertz CT molecular complexity index is 840. The van der Waals surface area contributed by atoms with Crippen LogP contribution >= 0.6 is 0 Å². The van der Waals surface area contributed by atoms with Crippen LogP contribution in [0.3, 0.4) is 0 Å². The number of hydrogen-bond donors (Lipinski definition) is 2. The number of carboxylic acids is 1. The van der Waals surface area contributed by atoms with E-state index in [1.54, 1.807) is 0 Å². The summed E-state index contributed by atoms with van der Waals surface area (Å²) >= 11 is 0. The summed E-state index contributed by atoms with van der Waals surface area (Å²) < 4.78 is 82.4. The summed E-state index contributed by atoms with van der Waals surface area (Å²) in [6.45, 7) is -1.29. The number of aliphatic carboxylic acids is 1. The van der Waals surface area contributed by atoms with Crippen LogP contribution in [0, 0.1) is 0 Å². The van der Waals surface area contributed by atoms with Gasteiger partial charge in [-0.3, -0.25) is 9.59 Å². The lowest BCUT2D eigenvalue weighted by atomic mass is 9.55. The van der Waals surface area contributed by atoms with Crippen molar-refractivity contribution in [3.05, 3.63) is 59.7 Å². The number of rotatable bonds is 8. The van der Waals surface area contributed by atoms with Gasteiger partial charge in [0.15, 0.2) is 0 Å². The fraction of sp³-hybridized carbons (Fsp3) is 0.263. The van der Waals surface area contributed by atoms with Crippen LogP contribution in [0.1, 0.15) is 17.5 Å². The highest BCUT2D eigenvalue weighted by Crippen LogP contribution is 2.29. The molecule has 0 bridgehead atoms. The highest BCUT2D eigenvalue weighted by molar-refractivity contribution is 6.80. The second-order valence-electron chi connectivity index (χ2n) is 6.41. The standard InChI is InChI=1S/C19H16BF6NO4/c21-18(22,23)12-1-5-14(6-2-12)20(31-10-9-27-16(28)11-17(29)30)15-7-3-13(4-8-15)19(24,25)26/h1-8H,9-11H2,(H,27,28)(H,29,30). The van der Waals surface area contributed by atoms with E-state index >= 15 is 0 Å². The molecule has 0 unspecified atom stereocenters. The molecule has 0 atom stereocenters. The lowest BCUT2D eigenvalue weighted by Gasteiger charge is -2.17. The molecule has 5 nitrogen and oxygen atoms in total. The number of benzene rings is 2. The van der Waals surface area contributed by atoms with E-state index in [2.05, 4.69) is 5.32 Å². The van der Waals surface area contributed by atoms with Gasteiger partial charge in [0.25, 0.3) is 0 Å². The number of nitrogens with one attached hydrogen (secondary N) is 1. The van der Waals surface area contributed by atoms with E-state index < -0.39 is 48.7 Å². The number of carbonyl (C=O) groups is 2. The van der Waals surface area contributed by atoms with Crippen LogP contribution in [0.5, 0.6) is 0 Å². The zero-order chi connectivity index (χ0) is 23.2. The van der Waals surface area contributed by atoms with Crippen molar-refractivity contribution in [2.24, 2.45) is 0 Å². The second-order valence-corrected chi connectivity index (χ2v) is 6.41. The van der Waals surface area contributed by atoms with Crippen molar-refractivity contribution in [1.29, 1.82) is 0 Å². The average Bonchev–Trinajstić information content (AvgIpc) is 2.66. The molecule has 1 amide bonds. The van der Waals surface area contributed by atoms with E-state index in [4.69, 9.17) is 9.76 Å². The molecule has 0 saturated heterocycles. The van der Waals surface area contributed by atoms with E-state index in [1.807, 2.05) is 0 Å². The minimum atomic E-state index is -4.56. The van der Waals surface area contributed by atoms with E-state index in [0.29, 0.717) is 0 Å². The van der Waals surface area contributed by atoms with Crippen LogP contribution in [-0.2, 0) is 26.6 Å². The molecule has 0 aliphatic carbocycles. The van der Waals surface area contributed by atoms with Gasteiger partial charge in [0, 0.05) is 13.2 Å². The Balaban J connectivity index is 2.19. The quantitative estimate of drug-likeness (QED) is 0.282. The normalized spacial score (nSPS) is 11.8. The van der Waals surface area contributed by atoms with Gasteiger partial charge >= 0.3 is 25.2 Å². The first-order chi connectivity index (χ1) is 14.4. The van der Waals surface area contributed by atoms with Gasteiger partial charge in [0.1, 0.15) is 6.42 Å². The predicted octanol–water partition coefficient (Wildman–Crippen LogP) is 2.44. The third-order valence-electron chi connectivity index (χ3n) is 4.10. The highest BCUT2D eigenvalue weighted by Gasteiger charge is 2.32. The fourth-order valence-electron chi connectivity index (χ4n) is 2.65. The summed E-state index contributed by atoms with van der Waals surface area (Å²) in [7, 11) is 0. The largest absolute Gasteiger partial charge is 0.481 e. The van der Waals surface area contributed by atoms with Gasteiger partial charge in [0.05, 0.1) is 11.1 Å². The van der Waals surface area contributed by atoms with Crippen molar-refractivity contribution in [2.75, 3.05) is 13.2 Å². The maximum absolute atomic E-state index is 12.8. The number of amides is 1.